The summed E-state index contributed by atoms with van der Waals surface area (Å²) in [5.41, 5.74) is 6.59. The number of nitrogens with two attached hydrogens (primary N) is 1. The standard InChI is InChI=1S/C13H20N2O4S/c1-3-8-15(12-7-5-6-11(14)9-12)20(17,18)10-13(16)19-4-2/h5-7,9H,3-4,8,10,14H2,1-2H3. The van der Waals surface area contributed by atoms with Crippen LogP contribution in [-0.4, -0.2) is 33.3 Å². The van der Waals surface area contributed by atoms with Gasteiger partial charge >= 0.3 is 5.97 Å². The first-order valence-corrected chi connectivity index (χ1v) is 8.03. The van der Waals surface area contributed by atoms with E-state index in [4.69, 9.17) is 10.5 Å². The number of benzene rings is 1. The average molecular weight is 300 g/mol. The van der Waals surface area contributed by atoms with Crippen molar-refractivity contribution in [3.05, 3.63) is 24.3 Å². The summed E-state index contributed by atoms with van der Waals surface area (Å²) in [5.74, 6) is -1.42. The molecule has 0 unspecified atom stereocenters. The number of hydrogen-bond donors (Lipinski definition) is 1. The number of hydrogen-bond acceptors (Lipinski definition) is 5. The van der Waals surface area contributed by atoms with Crippen molar-refractivity contribution in [2.24, 2.45) is 0 Å². The minimum atomic E-state index is -3.77. The van der Waals surface area contributed by atoms with E-state index in [1.807, 2.05) is 6.92 Å². The topological polar surface area (TPSA) is 89.7 Å². The van der Waals surface area contributed by atoms with Gasteiger partial charge in [-0.15, -0.1) is 0 Å². The van der Waals surface area contributed by atoms with E-state index in [1.54, 1.807) is 31.2 Å². The largest absolute Gasteiger partial charge is 0.465 e. The van der Waals surface area contributed by atoms with E-state index in [0.717, 1.165) is 0 Å². The SMILES string of the molecule is CCCN(c1cccc(N)c1)S(=O)(=O)CC(=O)OCC. The first-order valence-electron chi connectivity index (χ1n) is 6.42. The molecule has 6 nitrogen and oxygen atoms in total. The van der Waals surface area contributed by atoms with Crippen molar-refractivity contribution >= 4 is 27.4 Å². The molecule has 1 rings (SSSR count). The van der Waals surface area contributed by atoms with Gasteiger partial charge in [-0.2, -0.15) is 0 Å². The Morgan fingerprint density at radius 1 is 1.35 bits per heavy atom. The molecule has 0 bridgehead atoms. The van der Waals surface area contributed by atoms with E-state index < -0.39 is 21.7 Å². The Morgan fingerprint density at radius 2 is 2.05 bits per heavy atom. The second-order valence-corrected chi connectivity index (χ2v) is 6.12. The van der Waals surface area contributed by atoms with Crippen LogP contribution in [0.3, 0.4) is 0 Å². The van der Waals surface area contributed by atoms with Crippen molar-refractivity contribution in [2.45, 2.75) is 20.3 Å². The molecule has 0 atom stereocenters. The third kappa shape index (κ3) is 4.41. The summed E-state index contributed by atoms with van der Waals surface area (Å²) >= 11 is 0. The summed E-state index contributed by atoms with van der Waals surface area (Å²) in [6.07, 6.45) is 0.622. The fourth-order valence-corrected chi connectivity index (χ4v) is 3.17. The lowest BCUT2D eigenvalue weighted by molar-refractivity contribution is -0.139. The molecule has 0 amide bonds. The van der Waals surface area contributed by atoms with Crippen molar-refractivity contribution in [3.63, 3.8) is 0 Å². The molecule has 0 spiro atoms. The van der Waals surface area contributed by atoms with Gasteiger partial charge in [-0.1, -0.05) is 13.0 Å². The van der Waals surface area contributed by atoms with Gasteiger partial charge in [-0.05, 0) is 31.5 Å². The monoisotopic (exact) mass is 300 g/mol. The van der Waals surface area contributed by atoms with E-state index in [1.165, 1.54) is 4.31 Å². The van der Waals surface area contributed by atoms with Crippen LogP contribution in [0.25, 0.3) is 0 Å². The van der Waals surface area contributed by atoms with Crippen LogP contribution in [0.2, 0.25) is 0 Å². The zero-order valence-electron chi connectivity index (χ0n) is 11.7. The summed E-state index contributed by atoms with van der Waals surface area (Å²) in [6.45, 7) is 3.93. The van der Waals surface area contributed by atoms with Crippen LogP contribution in [-0.2, 0) is 19.6 Å². The second-order valence-electron chi connectivity index (χ2n) is 4.23. The molecule has 0 saturated heterocycles. The molecule has 0 aliphatic rings. The van der Waals surface area contributed by atoms with Crippen molar-refractivity contribution in [3.8, 4) is 0 Å². The highest BCUT2D eigenvalue weighted by molar-refractivity contribution is 7.93. The maximum atomic E-state index is 12.3. The molecular formula is C13H20N2O4S. The Hall–Kier alpha value is -1.76. The van der Waals surface area contributed by atoms with E-state index in [2.05, 4.69) is 0 Å². The van der Waals surface area contributed by atoms with E-state index in [9.17, 15) is 13.2 Å². The third-order valence-electron chi connectivity index (χ3n) is 2.53. The van der Waals surface area contributed by atoms with Gasteiger partial charge < -0.3 is 10.5 Å². The number of carbonyl (C=O) groups excluding carboxylic acids is 1. The number of ether oxygens (including phenoxy) is 1. The predicted octanol–water partition coefficient (Wildman–Crippen LogP) is 1.38. The molecule has 0 fully saturated rings. The molecule has 2 N–H and O–H groups in total. The maximum Gasteiger partial charge on any atom is 0.323 e. The minimum absolute atomic E-state index is 0.153. The summed E-state index contributed by atoms with van der Waals surface area (Å²) in [5, 5.41) is 0. The number of nitrogen functional groups attached to an aromatic ring is 1. The van der Waals surface area contributed by atoms with Gasteiger partial charge in [0.1, 0.15) is 0 Å². The molecule has 1 aromatic rings. The Morgan fingerprint density at radius 3 is 2.60 bits per heavy atom. The van der Waals surface area contributed by atoms with Crippen LogP contribution in [0.4, 0.5) is 11.4 Å². The fourth-order valence-electron chi connectivity index (χ4n) is 1.74. The molecule has 0 radical (unpaired) electrons. The van der Waals surface area contributed by atoms with Gasteiger partial charge in [-0.25, -0.2) is 8.42 Å². The number of nitrogens with zero attached hydrogens (tertiary/aromatic N) is 1. The fraction of sp³-hybridized carbons (Fsp3) is 0.462. The highest BCUT2D eigenvalue weighted by Crippen LogP contribution is 2.21. The highest BCUT2D eigenvalue weighted by Gasteiger charge is 2.26. The number of sulfonamides is 1. The molecule has 112 valence electrons. The van der Waals surface area contributed by atoms with Gasteiger partial charge in [-0.3, -0.25) is 9.10 Å². The van der Waals surface area contributed by atoms with Gasteiger partial charge in [0.2, 0.25) is 10.0 Å². The van der Waals surface area contributed by atoms with Gasteiger partial charge in [0.25, 0.3) is 0 Å². The molecule has 0 aliphatic heterocycles. The lowest BCUT2D eigenvalue weighted by atomic mass is 10.3. The minimum Gasteiger partial charge on any atom is -0.465 e. The molecular weight excluding hydrogens is 280 g/mol. The molecule has 0 aromatic heterocycles. The van der Waals surface area contributed by atoms with Crippen LogP contribution in [0.1, 0.15) is 20.3 Å². The van der Waals surface area contributed by atoms with E-state index in [-0.39, 0.29) is 13.2 Å². The molecule has 0 heterocycles. The predicted molar refractivity (Wildman–Crippen MR) is 78.9 cm³/mol. The van der Waals surface area contributed by atoms with Crippen molar-refractivity contribution < 1.29 is 17.9 Å². The quantitative estimate of drug-likeness (QED) is 0.607. The molecule has 0 saturated carbocycles. The van der Waals surface area contributed by atoms with Crippen molar-refractivity contribution in [2.75, 3.05) is 28.9 Å². The molecule has 0 aliphatic carbocycles. The van der Waals surface area contributed by atoms with Crippen LogP contribution < -0.4 is 10.0 Å². The molecule has 7 heteroatoms. The third-order valence-corrected chi connectivity index (χ3v) is 4.19. The summed E-state index contributed by atoms with van der Waals surface area (Å²) in [4.78, 5) is 11.4. The first kappa shape index (κ1) is 16.3. The Kier molecular flexibility index (Phi) is 5.82. The number of anilines is 2. The van der Waals surface area contributed by atoms with Gasteiger partial charge in [0.05, 0.1) is 12.3 Å². The summed E-state index contributed by atoms with van der Waals surface area (Å²) < 4.78 is 30.5. The van der Waals surface area contributed by atoms with Crippen molar-refractivity contribution in [1.82, 2.24) is 0 Å². The van der Waals surface area contributed by atoms with E-state index >= 15 is 0 Å². The normalized spacial score (nSPS) is 11.1. The maximum absolute atomic E-state index is 12.3. The smallest absolute Gasteiger partial charge is 0.323 e. The van der Waals surface area contributed by atoms with Crippen LogP contribution in [0.5, 0.6) is 0 Å². The average Bonchev–Trinajstić information content (AvgIpc) is 2.35. The molecule has 1 aromatic carbocycles. The zero-order valence-corrected chi connectivity index (χ0v) is 12.5. The summed E-state index contributed by atoms with van der Waals surface area (Å²) in [7, 11) is -3.77. The Bertz CT molecular complexity index is 557. The Labute approximate surface area is 119 Å². The number of rotatable bonds is 7. The van der Waals surface area contributed by atoms with Crippen molar-refractivity contribution in [1.29, 1.82) is 0 Å². The lowest BCUT2D eigenvalue weighted by Crippen LogP contribution is -2.36. The van der Waals surface area contributed by atoms with Gasteiger partial charge in [0.15, 0.2) is 5.75 Å². The lowest BCUT2D eigenvalue weighted by Gasteiger charge is -2.23. The van der Waals surface area contributed by atoms with Crippen LogP contribution >= 0.6 is 0 Å². The van der Waals surface area contributed by atoms with E-state index in [0.29, 0.717) is 17.8 Å². The van der Waals surface area contributed by atoms with Gasteiger partial charge in [0, 0.05) is 12.2 Å². The molecule has 20 heavy (non-hydrogen) atoms. The number of carbonyl (C=O) groups is 1. The highest BCUT2D eigenvalue weighted by atomic mass is 32.2. The number of esters is 1. The second kappa shape index (κ2) is 7.14. The first-order chi connectivity index (χ1) is 9.40. The summed E-state index contributed by atoms with van der Waals surface area (Å²) in [6, 6.07) is 6.56. The Balaban J connectivity index is 3.03. The van der Waals surface area contributed by atoms with Crippen LogP contribution in [0.15, 0.2) is 24.3 Å². The van der Waals surface area contributed by atoms with Crippen LogP contribution in [0, 0.1) is 0 Å². The zero-order chi connectivity index (χ0) is 15.2.